The van der Waals surface area contributed by atoms with E-state index >= 15 is 0 Å². The van der Waals surface area contributed by atoms with Gasteiger partial charge >= 0.3 is 0 Å². The first-order chi connectivity index (χ1) is 13.1. The smallest absolute Gasteiger partial charge is 0.277 e. The van der Waals surface area contributed by atoms with Crippen LogP contribution < -0.4 is 0 Å². The van der Waals surface area contributed by atoms with Crippen LogP contribution in [0.2, 0.25) is 5.02 Å². The molecule has 5 nitrogen and oxygen atoms in total. The molecule has 0 aliphatic heterocycles. The number of hydrogen-bond donors (Lipinski definition) is 0. The van der Waals surface area contributed by atoms with Crippen molar-refractivity contribution in [1.29, 1.82) is 0 Å². The number of thioether (sulfide) groups is 1. The molecule has 0 aliphatic carbocycles. The van der Waals surface area contributed by atoms with Crippen LogP contribution >= 0.6 is 23.4 Å². The molecule has 2 aromatic carbocycles. The van der Waals surface area contributed by atoms with E-state index in [0.29, 0.717) is 21.9 Å². The van der Waals surface area contributed by atoms with Crippen LogP contribution in [0.5, 0.6) is 0 Å². The molecule has 0 aliphatic rings. The fourth-order valence-electron chi connectivity index (χ4n) is 2.75. The first-order valence-electron chi connectivity index (χ1n) is 8.33. The van der Waals surface area contributed by atoms with E-state index in [4.69, 9.17) is 20.5 Å². The van der Waals surface area contributed by atoms with Gasteiger partial charge in [-0.1, -0.05) is 57.8 Å². The van der Waals surface area contributed by atoms with E-state index in [1.54, 1.807) is 0 Å². The van der Waals surface area contributed by atoms with Crippen molar-refractivity contribution in [2.45, 2.75) is 24.8 Å². The van der Waals surface area contributed by atoms with Gasteiger partial charge in [-0.2, -0.15) is 0 Å². The Bertz CT molecular complexity index is 1050. The van der Waals surface area contributed by atoms with Crippen molar-refractivity contribution in [2.24, 2.45) is 0 Å². The molecule has 7 heteroatoms. The summed E-state index contributed by atoms with van der Waals surface area (Å²) in [6.45, 7) is 4.09. The number of benzene rings is 2. The molecular weight excluding hydrogens is 382 g/mol. The molecule has 0 saturated carbocycles. The number of rotatable bonds is 5. The Morgan fingerprint density at radius 1 is 0.926 bits per heavy atom. The van der Waals surface area contributed by atoms with Crippen LogP contribution in [0.15, 0.2) is 62.7 Å². The van der Waals surface area contributed by atoms with Crippen molar-refractivity contribution in [2.75, 3.05) is 0 Å². The number of aromatic nitrogens is 3. The SMILES string of the molecule is Cc1cc(C)cc(-c2nnc(SCc3cc(-c4ccc(Cl)cc4)no3)o2)c1. The minimum absolute atomic E-state index is 0.494. The van der Waals surface area contributed by atoms with Crippen molar-refractivity contribution in [3.63, 3.8) is 0 Å². The molecule has 0 spiro atoms. The fourth-order valence-corrected chi connectivity index (χ4v) is 3.52. The molecule has 0 atom stereocenters. The Morgan fingerprint density at radius 3 is 2.41 bits per heavy atom. The summed E-state index contributed by atoms with van der Waals surface area (Å²) in [6, 6.07) is 15.5. The van der Waals surface area contributed by atoms with Crippen LogP contribution in [0.4, 0.5) is 0 Å². The van der Waals surface area contributed by atoms with Gasteiger partial charge in [-0.25, -0.2) is 0 Å². The van der Waals surface area contributed by atoms with Crippen molar-refractivity contribution < 1.29 is 8.94 Å². The molecule has 0 bridgehead atoms. The number of aryl methyl sites for hydroxylation is 2. The third-order valence-corrected chi connectivity index (χ3v) is 5.00. The number of hydrogen-bond acceptors (Lipinski definition) is 6. The molecule has 0 N–H and O–H groups in total. The fraction of sp³-hybridized carbons (Fsp3) is 0.150. The van der Waals surface area contributed by atoms with Gasteiger partial charge in [0.15, 0.2) is 0 Å². The lowest BCUT2D eigenvalue weighted by molar-refractivity contribution is 0.396. The summed E-state index contributed by atoms with van der Waals surface area (Å²) in [5.74, 6) is 1.80. The van der Waals surface area contributed by atoms with Gasteiger partial charge in [0.2, 0.25) is 5.89 Å². The minimum atomic E-state index is 0.494. The second-order valence-electron chi connectivity index (χ2n) is 6.22. The highest BCUT2D eigenvalue weighted by Crippen LogP contribution is 2.28. The molecule has 27 heavy (non-hydrogen) atoms. The maximum absolute atomic E-state index is 5.91. The van der Waals surface area contributed by atoms with Crippen molar-refractivity contribution in [3.05, 3.63) is 70.4 Å². The third kappa shape index (κ3) is 4.23. The molecule has 0 fully saturated rings. The van der Waals surface area contributed by atoms with Gasteiger partial charge in [-0.15, -0.1) is 10.2 Å². The molecule has 0 amide bonds. The summed E-state index contributed by atoms with van der Waals surface area (Å²) in [4.78, 5) is 0. The molecule has 4 aromatic rings. The molecule has 0 unspecified atom stereocenters. The Morgan fingerprint density at radius 2 is 1.67 bits per heavy atom. The van der Waals surface area contributed by atoms with Crippen LogP contribution in [-0.4, -0.2) is 15.4 Å². The zero-order chi connectivity index (χ0) is 18.8. The highest BCUT2D eigenvalue weighted by molar-refractivity contribution is 7.98. The lowest BCUT2D eigenvalue weighted by atomic mass is 10.1. The molecule has 0 radical (unpaired) electrons. The summed E-state index contributed by atoms with van der Waals surface area (Å²) in [7, 11) is 0. The van der Waals surface area contributed by atoms with Crippen molar-refractivity contribution in [1.82, 2.24) is 15.4 Å². The van der Waals surface area contributed by atoms with E-state index in [1.807, 2.05) is 56.3 Å². The van der Waals surface area contributed by atoms with E-state index in [1.165, 1.54) is 11.8 Å². The summed E-state index contributed by atoms with van der Waals surface area (Å²) < 4.78 is 11.2. The summed E-state index contributed by atoms with van der Waals surface area (Å²) >= 11 is 7.33. The molecule has 0 saturated heterocycles. The number of halogens is 1. The highest BCUT2D eigenvalue weighted by atomic mass is 35.5. The Hall–Kier alpha value is -2.57. The summed E-state index contributed by atoms with van der Waals surface area (Å²) in [5, 5.41) is 13.5. The zero-order valence-corrected chi connectivity index (χ0v) is 16.3. The maximum Gasteiger partial charge on any atom is 0.277 e. The van der Waals surface area contributed by atoms with Crippen LogP contribution in [0.1, 0.15) is 16.9 Å². The van der Waals surface area contributed by atoms with E-state index in [0.717, 1.165) is 33.7 Å². The quantitative estimate of drug-likeness (QED) is 0.387. The summed E-state index contributed by atoms with van der Waals surface area (Å²) in [5.41, 5.74) is 4.97. The van der Waals surface area contributed by atoms with Crippen LogP contribution in [-0.2, 0) is 5.75 Å². The van der Waals surface area contributed by atoms with Gasteiger partial charge in [0, 0.05) is 22.2 Å². The largest absolute Gasteiger partial charge is 0.411 e. The van der Waals surface area contributed by atoms with Gasteiger partial charge in [-0.05, 0) is 38.1 Å². The Kier molecular flexibility index (Phi) is 5.01. The third-order valence-electron chi connectivity index (χ3n) is 3.91. The van der Waals surface area contributed by atoms with E-state index < -0.39 is 0 Å². The maximum atomic E-state index is 5.91. The molecular formula is C20H16ClN3O2S. The topological polar surface area (TPSA) is 65.0 Å². The van der Waals surface area contributed by atoms with Crippen LogP contribution in [0.25, 0.3) is 22.7 Å². The first kappa shape index (κ1) is 17.8. The predicted molar refractivity (Wildman–Crippen MR) is 106 cm³/mol. The normalized spacial score (nSPS) is 11.1. The molecule has 2 heterocycles. The number of nitrogens with zero attached hydrogens (tertiary/aromatic N) is 3. The standard InChI is InChI=1S/C20H16ClN3O2S/c1-12-7-13(2)9-15(8-12)19-22-23-20(25-19)27-11-17-10-18(24-26-17)14-3-5-16(21)6-4-14/h3-10H,11H2,1-2H3. The van der Waals surface area contributed by atoms with Gasteiger partial charge in [0.1, 0.15) is 11.5 Å². The van der Waals surface area contributed by atoms with Gasteiger partial charge in [0.05, 0.1) is 5.75 Å². The average Bonchev–Trinajstić information content (AvgIpc) is 3.29. The van der Waals surface area contributed by atoms with E-state index in [9.17, 15) is 0 Å². The van der Waals surface area contributed by atoms with Crippen LogP contribution in [0, 0.1) is 13.8 Å². The molecule has 136 valence electrons. The summed E-state index contributed by atoms with van der Waals surface area (Å²) in [6.07, 6.45) is 0. The van der Waals surface area contributed by atoms with Crippen LogP contribution in [0.3, 0.4) is 0 Å². The Balaban J connectivity index is 1.44. The monoisotopic (exact) mass is 397 g/mol. The Labute approximate surface area is 165 Å². The van der Waals surface area contributed by atoms with E-state index in [2.05, 4.69) is 21.4 Å². The minimum Gasteiger partial charge on any atom is -0.411 e. The molecule has 4 rings (SSSR count). The highest BCUT2D eigenvalue weighted by Gasteiger charge is 2.12. The van der Waals surface area contributed by atoms with Gasteiger partial charge in [-0.3, -0.25) is 0 Å². The second kappa shape index (κ2) is 7.58. The second-order valence-corrected chi connectivity index (χ2v) is 7.59. The van der Waals surface area contributed by atoms with Gasteiger partial charge < -0.3 is 8.94 Å². The van der Waals surface area contributed by atoms with Gasteiger partial charge in [0.25, 0.3) is 5.22 Å². The van der Waals surface area contributed by atoms with Crippen molar-refractivity contribution >= 4 is 23.4 Å². The van der Waals surface area contributed by atoms with Crippen molar-refractivity contribution in [3.8, 4) is 22.7 Å². The zero-order valence-electron chi connectivity index (χ0n) is 14.8. The molecule has 2 aromatic heterocycles. The first-order valence-corrected chi connectivity index (χ1v) is 9.70. The predicted octanol–water partition coefficient (Wildman–Crippen LogP) is 5.95. The van der Waals surface area contributed by atoms with E-state index in [-0.39, 0.29) is 0 Å². The lowest BCUT2D eigenvalue weighted by Gasteiger charge is -1.99. The average molecular weight is 398 g/mol. The lowest BCUT2D eigenvalue weighted by Crippen LogP contribution is -1.82.